The molecule has 2 amide bonds. The summed E-state index contributed by atoms with van der Waals surface area (Å²) in [5.41, 5.74) is 0. The topological polar surface area (TPSA) is 70.2 Å². The molecule has 1 unspecified atom stereocenters. The lowest BCUT2D eigenvalue weighted by molar-refractivity contribution is -0.126. The summed E-state index contributed by atoms with van der Waals surface area (Å²) in [7, 11) is 0. The molecule has 15 heavy (non-hydrogen) atoms. The quantitative estimate of drug-likeness (QED) is 0.510. The van der Waals surface area contributed by atoms with E-state index in [1.54, 1.807) is 0 Å². The van der Waals surface area contributed by atoms with Gasteiger partial charge in [-0.1, -0.05) is 0 Å². The van der Waals surface area contributed by atoms with Crippen LogP contribution in [-0.4, -0.2) is 37.5 Å². The predicted octanol–water partition coefficient (Wildman–Crippen LogP) is -1.01. The average Bonchev–Trinajstić information content (AvgIpc) is 2.94. The van der Waals surface area contributed by atoms with Gasteiger partial charge >= 0.3 is 0 Å². The van der Waals surface area contributed by atoms with Crippen molar-refractivity contribution in [3.63, 3.8) is 0 Å². The monoisotopic (exact) mass is 211 g/mol. The molecule has 5 heteroatoms. The fraction of sp³-hybridized carbons (Fsp3) is 0.800. The molecule has 0 spiro atoms. The Hall–Kier alpha value is -1.10. The maximum absolute atomic E-state index is 11.5. The molecule has 1 aliphatic carbocycles. The highest BCUT2D eigenvalue weighted by molar-refractivity contribution is 5.89. The fourth-order valence-corrected chi connectivity index (χ4v) is 1.68. The van der Waals surface area contributed by atoms with Gasteiger partial charge in [0, 0.05) is 32.1 Å². The summed E-state index contributed by atoms with van der Waals surface area (Å²) in [6.07, 6.45) is 2.85. The Balaban J connectivity index is 1.57. The molecule has 5 nitrogen and oxygen atoms in total. The molecule has 2 rings (SSSR count). The molecule has 0 radical (unpaired) electrons. The fourth-order valence-electron chi connectivity index (χ4n) is 1.68. The summed E-state index contributed by atoms with van der Waals surface area (Å²) in [6.45, 7) is 1.96. The van der Waals surface area contributed by atoms with Gasteiger partial charge in [-0.3, -0.25) is 9.59 Å². The van der Waals surface area contributed by atoms with Crippen LogP contribution in [0.5, 0.6) is 0 Å². The van der Waals surface area contributed by atoms with Crippen LogP contribution in [0.1, 0.15) is 19.3 Å². The van der Waals surface area contributed by atoms with Gasteiger partial charge in [0.2, 0.25) is 11.8 Å². The van der Waals surface area contributed by atoms with Crippen molar-refractivity contribution >= 4 is 11.8 Å². The maximum Gasteiger partial charge on any atom is 0.225 e. The lowest BCUT2D eigenvalue weighted by atomic mass is 10.1. The highest BCUT2D eigenvalue weighted by Crippen LogP contribution is 2.17. The Morgan fingerprint density at radius 2 is 2.20 bits per heavy atom. The summed E-state index contributed by atoms with van der Waals surface area (Å²) < 4.78 is 0. The third kappa shape index (κ3) is 3.20. The summed E-state index contributed by atoms with van der Waals surface area (Å²) in [5, 5.41) is 8.80. The molecule has 2 aliphatic rings. The lowest BCUT2D eigenvalue weighted by Crippen LogP contribution is -2.37. The summed E-state index contributed by atoms with van der Waals surface area (Å²) in [6, 6.07) is 0.677. The molecule has 0 aromatic rings. The molecule has 1 saturated heterocycles. The molecule has 84 valence electrons. The van der Waals surface area contributed by atoms with Gasteiger partial charge in [-0.25, -0.2) is 0 Å². The van der Waals surface area contributed by atoms with Gasteiger partial charge in [0.25, 0.3) is 0 Å². The number of amides is 2. The van der Waals surface area contributed by atoms with Gasteiger partial charge in [-0.05, 0) is 12.8 Å². The van der Waals surface area contributed by atoms with Crippen LogP contribution in [0.2, 0.25) is 0 Å². The second-order valence-electron chi connectivity index (χ2n) is 4.22. The van der Waals surface area contributed by atoms with E-state index in [0.29, 0.717) is 25.6 Å². The number of carbonyl (C=O) groups is 2. The van der Waals surface area contributed by atoms with Gasteiger partial charge < -0.3 is 16.0 Å². The third-order valence-corrected chi connectivity index (χ3v) is 2.78. The molecule has 0 bridgehead atoms. The number of nitrogens with one attached hydrogen (secondary N) is 3. The van der Waals surface area contributed by atoms with E-state index in [2.05, 4.69) is 16.0 Å². The molecule has 1 aliphatic heterocycles. The van der Waals surface area contributed by atoms with Gasteiger partial charge in [-0.15, -0.1) is 0 Å². The van der Waals surface area contributed by atoms with E-state index in [1.807, 2.05) is 0 Å². The zero-order chi connectivity index (χ0) is 10.7. The molecule has 0 aromatic carbocycles. The minimum absolute atomic E-state index is 0.00838. The van der Waals surface area contributed by atoms with E-state index in [-0.39, 0.29) is 17.7 Å². The number of rotatable bonds is 5. The van der Waals surface area contributed by atoms with Crippen molar-refractivity contribution < 1.29 is 9.59 Å². The van der Waals surface area contributed by atoms with Gasteiger partial charge in [-0.2, -0.15) is 0 Å². The van der Waals surface area contributed by atoms with E-state index >= 15 is 0 Å². The molecule has 2 fully saturated rings. The van der Waals surface area contributed by atoms with Crippen molar-refractivity contribution in [1.82, 2.24) is 16.0 Å². The zero-order valence-corrected chi connectivity index (χ0v) is 8.71. The Labute approximate surface area is 89.0 Å². The van der Waals surface area contributed by atoms with Crippen LogP contribution in [0.15, 0.2) is 0 Å². The maximum atomic E-state index is 11.5. The van der Waals surface area contributed by atoms with Crippen molar-refractivity contribution in [2.45, 2.75) is 25.3 Å². The first kappa shape index (κ1) is 10.4. The van der Waals surface area contributed by atoms with Crippen LogP contribution in [-0.2, 0) is 9.59 Å². The second kappa shape index (κ2) is 4.61. The van der Waals surface area contributed by atoms with E-state index < -0.39 is 0 Å². The predicted molar refractivity (Wildman–Crippen MR) is 55.2 cm³/mol. The van der Waals surface area contributed by atoms with Crippen LogP contribution in [0, 0.1) is 5.92 Å². The first-order valence-corrected chi connectivity index (χ1v) is 5.53. The molecule has 3 N–H and O–H groups in total. The molecule has 0 aromatic heterocycles. The van der Waals surface area contributed by atoms with Crippen molar-refractivity contribution in [1.29, 1.82) is 0 Å². The number of hydrogen-bond acceptors (Lipinski definition) is 3. The van der Waals surface area contributed by atoms with E-state index in [1.165, 1.54) is 12.8 Å². The van der Waals surface area contributed by atoms with Crippen molar-refractivity contribution in [2.24, 2.45) is 5.92 Å². The third-order valence-electron chi connectivity index (χ3n) is 2.78. The minimum atomic E-state index is -0.168. The van der Waals surface area contributed by atoms with Crippen molar-refractivity contribution in [3.05, 3.63) is 0 Å². The number of hydrogen-bond donors (Lipinski definition) is 3. The SMILES string of the molecule is O=C1CC(C(=O)NCCNC2CC2)CN1. The molecule has 1 atom stereocenters. The van der Waals surface area contributed by atoms with Crippen LogP contribution < -0.4 is 16.0 Å². The molecular formula is C10H17N3O2. The van der Waals surface area contributed by atoms with Crippen LogP contribution in [0.25, 0.3) is 0 Å². The first-order chi connectivity index (χ1) is 7.25. The molecular weight excluding hydrogens is 194 g/mol. The van der Waals surface area contributed by atoms with Crippen LogP contribution in [0.3, 0.4) is 0 Å². The summed E-state index contributed by atoms with van der Waals surface area (Å²) in [5.74, 6) is -0.198. The first-order valence-electron chi connectivity index (χ1n) is 5.53. The Morgan fingerprint density at radius 1 is 1.40 bits per heavy atom. The second-order valence-corrected chi connectivity index (χ2v) is 4.22. The summed E-state index contributed by atoms with van der Waals surface area (Å²) >= 11 is 0. The van der Waals surface area contributed by atoms with Crippen molar-refractivity contribution in [2.75, 3.05) is 19.6 Å². The largest absolute Gasteiger partial charge is 0.355 e. The smallest absolute Gasteiger partial charge is 0.225 e. The van der Waals surface area contributed by atoms with Gasteiger partial charge in [0.1, 0.15) is 0 Å². The highest BCUT2D eigenvalue weighted by Gasteiger charge is 2.27. The standard InChI is InChI=1S/C10H17N3O2/c14-9-5-7(6-13-9)10(15)12-4-3-11-8-1-2-8/h7-8,11H,1-6H2,(H,12,15)(H,13,14). The number of carbonyl (C=O) groups excluding carboxylic acids is 2. The van der Waals surface area contributed by atoms with E-state index in [0.717, 1.165) is 6.54 Å². The minimum Gasteiger partial charge on any atom is -0.355 e. The Kier molecular flexibility index (Phi) is 3.20. The van der Waals surface area contributed by atoms with Crippen molar-refractivity contribution in [3.8, 4) is 0 Å². The zero-order valence-electron chi connectivity index (χ0n) is 8.71. The summed E-state index contributed by atoms with van der Waals surface area (Å²) in [4.78, 5) is 22.4. The average molecular weight is 211 g/mol. The Morgan fingerprint density at radius 3 is 2.80 bits per heavy atom. The van der Waals surface area contributed by atoms with Gasteiger partial charge in [0.05, 0.1) is 5.92 Å². The highest BCUT2D eigenvalue weighted by atomic mass is 16.2. The van der Waals surface area contributed by atoms with Gasteiger partial charge in [0.15, 0.2) is 0 Å². The van der Waals surface area contributed by atoms with Crippen LogP contribution in [0.4, 0.5) is 0 Å². The normalized spacial score (nSPS) is 25.1. The Bertz CT molecular complexity index is 263. The van der Waals surface area contributed by atoms with E-state index in [9.17, 15) is 9.59 Å². The van der Waals surface area contributed by atoms with Crippen LogP contribution >= 0.6 is 0 Å². The molecule has 1 saturated carbocycles. The lowest BCUT2D eigenvalue weighted by Gasteiger charge is -2.09. The molecule has 1 heterocycles. The van der Waals surface area contributed by atoms with E-state index in [4.69, 9.17) is 0 Å².